The Morgan fingerprint density at radius 3 is 2.29 bits per heavy atom. The molecule has 0 saturated carbocycles. The fourth-order valence-electron chi connectivity index (χ4n) is 2.78. The number of nitro groups is 1. The highest BCUT2D eigenvalue weighted by Crippen LogP contribution is 2.31. The summed E-state index contributed by atoms with van der Waals surface area (Å²) in [6, 6.07) is 13.3. The van der Waals surface area contributed by atoms with Gasteiger partial charge in [-0.2, -0.15) is 4.31 Å². The molecule has 0 spiro atoms. The second-order valence-corrected chi connectivity index (χ2v) is 8.02. The van der Waals surface area contributed by atoms with Crippen molar-refractivity contribution in [2.75, 3.05) is 38.2 Å². The number of nitrogens with zero attached hydrogens (tertiary/aromatic N) is 3. The SMILES string of the molecule is CCN(CC)S(=O)(=O)c1ccc(N(C)CCOc2ccccc2)c([N+](=O)[O-])c1. The van der Waals surface area contributed by atoms with Crippen LogP contribution in [0.15, 0.2) is 53.4 Å². The van der Waals surface area contributed by atoms with Gasteiger partial charge in [0, 0.05) is 26.2 Å². The fourth-order valence-corrected chi connectivity index (χ4v) is 4.26. The molecule has 0 heterocycles. The summed E-state index contributed by atoms with van der Waals surface area (Å²) in [7, 11) is -2.06. The topological polar surface area (TPSA) is 93.0 Å². The maximum absolute atomic E-state index is 12.6. The van der Waals surface area contributed by atoms with Crippen molar-refractivity contribution >= 4 is 21.4 Å². The molecule has 28 heavy (non-hydrogen) atoms. The summed E-state index contributed by atoms with van der Waals surface area (Å²) < 4.78 is 32.2. The molecule has 0 radical (unpaired) electrons. The van der Waals surface area contributed by atoms with Crippen LogP contribution in [-0.4, -0.2) is 50.9 Å². The van der Waals surface area contributed by atoms with E-state index in [-0.39, 0.29) is 10.6 Å². The Morgan fingerprint density at radius 1 is 1.07 bits per heavy atom. The van der Waals surface area contributed by atoms with Crippen LogP contribution in [0.4, 0.5) is 11.4 Å². The van der Waals surface area contributed by atoms with Gasteiger partial charge in [-0.25, -0.2) is 8.42 Å². The molecule has 0 aliphatic carbocycles. The summed E-state index contributed by atoms with van der Waals surface area (Å²) in [5.41, 5.74) is 0.0793. The van der Waals surface area contributed by atoms with E-state index in [0.717, 1.165) is 6.07 Å². The van der Waals surface area contributed by atoms with Crippen molar-refractivity contribution in [3.8, 4) is 5.75 Å². The number of rotatable bonds is 10. The maximum Gasteiger partial charge on any atom is 0.293 e. The number of hydrogen-bond donors (Lipinski definition) is 0. The molecule has 0 bridgehead atoms. The zero-order valence-electron chi connectivity index (χ0n) is 16.2. The first-order valence-electron chi connectivity index (χ1n) is 8.98. The van der Waals surface area contributed by atoms with Gasteiger partial charge in [0.05, 0.1) is 16.4 Å². The van der Waals surface area contributed by atoms with Gasteiger partial charge in [0.2, 0.25) is 10.0 Å². The lowest BCUT2D eigenvalue weighted by Gasteiger charge is -2.21. The third kappa shape index (κ3) is 4.99. The molecule has 0 aliphatic rings. The maximum atomic E-state index is 12.6. The van der Waals surface area contributed by atoms with Crippen molar-refractivity contribution < 1.29 is 18.1 Å². The quantitative estimate of drug-likeness (QED) is 0.444. The first kappa shape index (κ1) is 21.6. The van der Waals surface area contributed by atoms with Gasteiger partial charge < -0.3 is 9.64 Å². The van der Waals surface area contributed by atoms with E-state index in [4.69, 9.17) is 4.74 Å². The van der Waals surface area contributed by atoms with Crippen molar-refractivity contribution in [1.29, 1.82) is 0 Å². The van der Waals surface area contributed by atoms with Crippen molar-refractivity contribution in [3.05, 3.63) is 58.6 Å². The Labute approximate surface area is 165 Å². The van der Waals surface area contributed by atoms with Crippen LogP contribution in [-0.2, 0) is 10.0 Å². The summed E-state index contributed by atoms with van der Waals surface area (Å²) in [4.78, 5) is 12.6. The average Bonchev–Trinajstić information content (AvgIpc) is 2.69. The van der Waals surface area contributed by atoms with E-state index >= 15 is 0 Å². The van der Waals surface area contributed by atoms with E-state index in [1.807, 2.05) is 30.3 Å². The lowest BCUT2D eigenvalue weighted by atomic mass is 10.2. The largest absolute Gasteiger partial charge is 0.492 e. The van der Waals surface area contributed by atoms with Crippen LogP contribution >= 0.6 is 0 Å². The molecule has 0 atom stereocenters. The molecule has 2 rings (SSSR count). The zero-order chi connectivity index (χ0) is 20.7. The Bertz CT molecular complexity index is 899. The van der Waals surface area contributed by atoms with Crippen LogP contribution in [0.25, 0.3) is 0 Å². The number of anilines is 1. The van der Waals surface area contributed by atoms with Gasteiger partial charge in [0.1, 0.15) is 18.0 Å². The number of benzene rings is 2. The Hall–Kier alpha value is -2.65. The van der Waals surface area contributed by atoms with Crippen LogP contribution in [0, 0.1) is 10.1 Å². The van der Waals surface area contributed by atoms with E-state index in [2.05, 4.69) is 0 Å². The van der Waals surface area contributed by atoms with Gasteiger partial charge in [-0.05, 0) is 24.3 Å². The second-order valence-electron chi connectivity index (χ2n) is 6.08. The predicted octanol–water partition coefficient (Wildman–Crippen LogP) is 3.14. The van der Waals surface area contributed by atoms with Crippen LogP contribution in [0.3, 0.4) is 0 Å². The summed E-state index contributed by atoms with van der Waals surface area (Å²) in [6.07, 6.45) is 0. The van der Waals surface area contributed by atoms with Crippen LogP contribution in [0.1, 0.15) is 13.8 Å². The molecule has 0 N–H and O–H groups in total. The normalized spacial score (nSPS) is 11.4. The summed E-state index contributed by atoms with van der Waals surface area (Å²) in [6.45, 7) is 4.78. The monoisotopic (exact) mass is 407 g/mol. The summed E-state index contributed by atoms with van der Waals surface area (Å²) in [5.74, 6) is 0.714. The number of para-hydroxylation sites is 1. The molecule has 0 saturated heterocycles. The van der Waals surface area contributed by atoms with E-state index in [9.17, 15) is 18.5 Å². The minimum absolute atomic E-state index is 0.0828. The van der Waals surface area contributed by atoms with E-state index in [0.29, 0.717) is 37.7 Å². The van der Waals surface area contributed by atoms with Gasteiger partial charge in [-0.3, -0.25) is 10.1 Å². The second kappa shape index (κ2) is 9.52. The van der Waals surface area contributed by atoms with E-state index < -0.39 is 14.9 Å². The molecule has 0 aromatic heterocycles. The molecule has 152 valence electrons. The third-order valence-corrected chi connectivity index (χ3v) is 6.38. The molecular weight excluding hydrogens is 382 g/mol. The molecule has 2 aromatic carbocycles. The Morgan fingerprint density at radius 2 is 1.71 bits per heavy atom. The van der Waals surface area contributed by atoms with Gasteiger partial charge in [0.15, 0.2) is 0 Å². The number of hydrogen-bond acceptors (Lipinski definition) is 6. The van der Waals surface area contributed by atoms with Crippen molar-refractivity contribution in [3.63, 3.8) is 0 Å². The number of nitro benzene ring substituents is 1. The molecule has 0 aliphatic heterocycles. The lowest BCUT2D eigenvalue weighted by molar-refractivity contribution is -0.384. The van der Waals surface area contributed by atoms with Crippen molar-refractivity contribution in [2.45, 2.75) is 18.7 Å². The van der Waals surface area contributed by atoms with Crippen molar-refractivity contribution in [2.24, 2.45) is 0 Å². The number of sulfonamides is 1. The van der Waals surface area contributed by atoms with Gasteiger partial charge >= 0.3 is 0 Å². The third-order valence-electron chi connectivity index (χ3n) is 4.34. The molecule has 0 unspecified atom stereocenters. The molecule has 9 heteroatoms. The molecular formula is C19H25N3O5S. The fraction of sp³-hybridized carbons (Fsp3) is 0.368. The van der Waals surface area contributed by atoms with Crippen molar-refractivity contribution in [1.82, 2.24) is 4.31 Å². The standard InChI is InChI=1S/C19H25N3O5S/c1-4-21(5-2)28(25,26)17-11-12-18(19(15-17)22(23)24)20(3)13-14-27-16-9-7-6-8-10-16/h6-12,15H,4-5,13-14H2,1-3H3. The first-order valence-corrected chi connectivity index (χ1v) is 10.4. The minimum Gasteiger partial charge on any atom is -0.492 e. The molecule has 0 amide bonds. The highest BCUT2D eigenvalue weighted by atomic mass is 32.2. The van der Waals surface area contributed by atoms with Crippen LogP contribution in [0.2, 0.25) is 0 Å². The summed E-state index contributed by atoms with van der Waals surface area (Å²) in [5, 5.41) is 11.5. The highest BCUT2D eigenvalue weighted by molar-refractivity contribution is 7.89. The Balaban J connectivity index is 2.21. The first-order chi connectivity index (χ1) is 13.3. The van der Waals surface area contributed by atoms with Crippen LogP contribution < -0.4 is 9.64 Å². The summed E-state index contributed by atoms with van der Waals surface area (Å²) >= 11 is 0. The molecule has 2 aromatic rings. The zero-order valence-corrected chi connectivity index (χ0v) is 17.1. The van der Waals surface area contributed by atoms with Gasteiger partial charge in [0.25, 0.3) is 5.69 Å². The highest BCUT2D eigenvalue weighted by Gasteiger charge is 2.26. The van der Waals surface area contributed by atoms with Gasteiger partial charge in [-0.1, -0.05) is 32.0 Å². The average molecular weight is 407 g/mol. The lowest BCUT2D eigenvalue weighted by Crippen LogP contribution is -2.31. The number of likely N-dealkylation sites (N-methyl/N-ethyl adjacent to an activating group) is 1. The van der Waals surface area contributed by atoms with E-state index in [1.54, 1.807) is 25.8 Å². The molecule has 8 nitrogen and oxygen atoms in total. The number of ether oxygens (including phenoxy) is 1. The smallest absolute Gasteiger partial charge is 0.293 e. The molecule has 0 fully saturated rings. The van der Waals surface area contributed by atoms with Gasteiger partial charge in [-0.15, -0.1) is 0 Å². The Kier molecular flexibility index (Phi) is 7.36. The van der Waals surface area contributed by atoms with Crippen LogP contribution in [0.5, 0.6) is 5.75 Å². The minimum atomic E-state index is -3.77. The van der Waals surface area contributed by atoms with E-state index in [1.165, 1.54) is 16.4 Å². The predicted molar refractivity (Wildman–Crippen MR) is 108 cm³/mol.